The standard InChI is InChI=1S/C11H12F4N2O/c12-10(13)11(14,15)7-16-6-9(18)17-8-4-2-1-3-5-8/h1-5,10,16H,6-7H2,(H,17,18). The molecule has 1 aromatic rings. The lowest BCUT2D eigenvalue weighted by Crippen LogP contribution is -2.41. The Morgan fingerprint density at radius 2 is 1.83 bits per heavy atom. The molecule has 18 heavy (non-hydrogen) atoms. The first-order valence-electron chi connectivity index (χ1n) is 5.13. The lowest BCUT2D eigenvalue weighted by atomic mass is 10.3. The molecule has 0 fully saturated rings. The van der Waals surface area contributed by atoms with Crippen LogP contribution in [0, 0.1) is 0 Å². The van der Waals surface area contributed by atoms with Gasteiger partial charge < -0.3 is 10.6 Å². The van der Waals surface area contributed by atoms with Gasteiger partial charge in [-0.25, -0.2) is 8.78 Å². The number of carbonyl (C=O) groups is 1. The van der Waals surface area contributed by atoms with Crippen molar-refractivity contribution in [2.24, 2.45) is 0 Å². The number of amides is 1. The maximum atomic E-state index is 12.5. The molecule has 1 aromatic carbocycles. The minimum Gasteiger partial charge on any atom is -0.325 e. The average Bonchev–Trinajstić information content (AvgIpc) is 2.29. The number of carbonyl (C=O) groups excluding carboxylic acids is 1. The van der Waals surface area contributed by atoms with E-state index in [1.807, 2.05) is 5.32 Å². The number of halogens is 4. The summed E-state index contributed by atoms with van der Waals surface area (Å²) >= 11 is 0. The van der Waals surface area contributed by atoms with Gasteiger partial charge in [-0.2, -0.15) is 8.78 Å². The fourth-order valence-electron chi connectivity index (χ4n) is 1.15. The van der Waals surface area contributed by atoms with Crippen LogP contribution in [0.2, 0.25) is 0 Å². The molecule has 0 aliphatic carbocycles. The van der Waals surface area contributed by atoms with Gasteiger partial charge in [0.1, 0.15) is 0 Å². The summed E-state index contributed by atoms with van der Waals surface area (Å²) < 4.78 is 48.5. The molecule has 0 saturated carbocycles. The van der Waals surface area contributed by atoms with Crippen molar-refractivity contribution in [3.63, 3.8) is 0 Å². The van der Waals surface area contributed by atoms with Crippen LogP contribution in [0.1, 0.15) is 0 Å². The molecule has 0 aromatic heterocycles. The molecule has 0 aliphatic heterocycles. The highest BCUT2D eigenvalue weighted by molar-refractivity contribution is 5.92. The maximum Gasteiger partial charge on any atom is 0.319 e. The topological polar surface area (TPSA) is 41.1 Å². The van der Waals surface area contributed by atoms with Gasteiger partial charge in [0.2, 0.25) is 5.91 Å². The van der Waals surface area contributed by atoms with Gasteiger partial charge in [-0.05, 0) is 12.1 Å². The van der Waals surface area contributed by atoms with E-state index >= 15 is 0 Å². The molecule has 0 heterocycles. The van der Waals surface area contributed by atoms with Crippen LogP contribution in [0.5, 0.6) is 0 Å². The number of nitrogens with one attached hydrogen (secondary N) is 2. The van der Waals surface area contributed by atoms with Crippen molar-refractivity contribution in [1.82, 2.24) is 5.32 Å². The lowest BCUT2D eigenvalue weighted by Gasteiger charge is -2.15. The molecule has 0 bridgehead atoms. The first-order valence-corrected chi connectivity index (χ1v) is 5.13. The quantitative estimate of drug-likeness (QED) is 0.773. The van der Waals surface area contributed by atoms with Gasteiger partial charge in [0.05, 0.1) is 13.1 Å². The van der Waals surface area contributed by atoms with E-state index in [2.05, 4.69) is 5.32 Å². The van der Waals surface area contributed by atoms with Gasteiger partial charge in [0, 0.05) is 5.69 Å². The summed E-state index contributed by atoms with van der Waals surface area (Å²) in [4.78, 5) is 11.3. The zero-order valence-electron chi connectivity index (χ0n) is 9.30. The first kappa shape index (κ1) is 14.4. The third-order valence-electron chi connectivity index (χ3n) is 2.02. The number of alkyl halides is 4. The van der Waals surface area contributed by atoms with Crippen LogP contribution in [0.3, 0.4) is 0 Å². The molecule has 3 nitrogen and oxygen atoms in total. The van der Waals surface area contributed by atoms with Gasteiger partial charge in [0.15, 0.2) is 0 Å². The lowest BCUT2D eigenvalue weighted by molar-refractivity contribution is -0.127. The zero-order chi connectivity index (χ0) is 13.6. The summed E-state index contributed by atoms with van der Waals surface area (Å²) in [5, 5.41) is 4.41. The second-order valence-corrected chi connectivity index (χ2v) is 3.58. The van der Waals surface area contributed by atoms with E-state index in [0.29, 0.717) is 5.69 Å². The fraction of sp³-hybridized carbons (Fsp3) is 0.364. The summed E-state index contributed by atoms with van der Waals surface area (Å²) in [6.07, 6.45) is -3.75. The summed E-state index contributed by atoms with van der Waals surface area (Å²) in [6.45, 7) is -1.70. The number of para-hydroxylation sites is 1. The number of anilines is 1. The third-order valence-corrected chi connectivity index (χ3v) is 2.02. The monoisotopic (exact) mass is 264 g/mol. The normalized spacial score (nSPS) is 11.6. The Kier molecular flexibility index (Phi) is 5.08. The van der Waals surface area contributed by atoms with Gasteiger partial charge in [-0.15, -0.1) is 0 Å². The Labute approximate surface area is 101 Å². The average molecular weight is 264 g/mol. The highest BCUT2D eigenvalue weighted by Crippen LogP contribution is 2.21. The van der Waals surface area contributed by atoms with Crippen LogP contribution in [-0.4, -0.2) is 31.3 Å². The Bertz CT molecular complexity index is 384. The minimum atomic E-state index is -4.13. The summed E-state index contributed by atoms with van der Waals surface area (Å²) in [7, 11) is 0. The number of hydrogen-bond acceptors (Lipinski definition) is 2. The van der Waals surface area contributed by atoms with Crippen LogP contribution in [0.25, 0.3) is 0 Å². The van der Waals surface area contributed by atoms with Crippen molar-refractivity contribution in [3.05, 3.63) is 30.3 Å². The van der Waals surface area contributed by atoms with Crippen molar-refractivity contribution in [1.29, 1.82) is 0 Å². The van der Waals surface area contributed by atoms with Gasteiger partial charge >= 0.3 is 12.3 Å². The Hall–Kier alpha value is -1.63. The van der Waals surface area contributed by atoms with Gasteiger partial charge in [-0.1, -0.05) is 18.2 Å². The van der Waals surface area contributed by atoms with E-state index < -0.39 is 31.3 Å². The number of rotatable bonds is 6. The predicted octanol–water partition coefficient (Wildman–Crippen LogP) is 2.12. The smallest absolute Gasteiger partial charge is 0.319 e. The molecule has 1 amide bonds. The molecule has 0 radical (unpaired) electrons. The van der Waals surface area contributed by atoms with Crippen LogP contribution < -0.4 is 10.6 Å². The van der Waals surface area contributed by atoms with E-state index in [1.165, 1.54) is 0 Å². The molecular weight excluding hydrogens is 252 g/mol. The van der Waals surface area contributed by atoms with E-state index in [-0.39, 0.29) is 0 Å². The maximum absolute atomic E-state index is 12.5. The van der Waals surface area contributed by atoms with Crippen LogP contribution >= 0.6 is 0 Å². The fourth-order valence-corrected chi connectivity index (χ4v) is 1.15. The number of hydrogen-bond donors (Lipinski definition) is 2. The van der Waals surface area contributed by atoms with Crippen molar-refractivity contribution in [3.8, 4) is 0 Å². The van der Waals surface area contributed by atoms with Gasteiger partial charge in [-0.3, -0.25) is 4.79 Å². The Balaban J connectivity index is 2.30. The molecule has 0 atom stereocenters. The molecule has 0 saturated heterocycles. The van der Waals surface area contributed by atoms with E-state index in [9.17, 15) is 22.4 Å². The van der Waals surface area contributed by atoms with Crippen molar-refractivity contribution >= 4 is 11.6 Å². The molecule has 2 N–H and O–H groups in total. The molecule has 0 unspecified atom stereocenters. The van der Waals surface area contributed by atoms with Crippen molar-refractivity contribution in [2.75, 3.05) is 18.4 Å². The molecule has 1 rings (SSSR count). The highest BCUT2D eigenvalue weighted by Gasteiger charge is 2.40. The minimum absolute atomic E-state index is 0.461. The van der Waals surface area contributed by atoms with E-state index in [1.54, 1.807) is 30.3 Å². The SMILES string of the molecule is O=C(CNCC(F)(F)C(F)F)Nc1ccccc1. The largest absolute Gasteiger partial charge is 0.325 e. The molecule has 0 spiro atoms. The van der Waals surface area contributed by atoms with E-state index in [0.717, 1.165) is 0 Å². The van der Waals surface area contributed by atoms with Crippen molar-refractivity contribution < 1.29 is 22.4 Å². The Morgan fingerprint density at radius 3 is 2.39 bits per heavy atom. The number of benzene rings is 1. The molecular formula is C11H12F4N2O. The second-order valence-electron chi connectivity index (χ2n) is 3.58. The van der Waals surface area contributed by atoms with Crippen LogP contribution in [0.15, 0.2) is 30.3 Å². The zero-order valence-corrected chi connectivity index (χ0v) is 9.30. The predicted molar refractivity (Wildman–Crippen MR) is 58.9 cm³/mol. The van der Waals surface area contributed by atoms with Crippen molar-refractivity contribution in [2.45, 2.75) is 12.3 Å². The molecule has 7 heteroatoms. The summed E-state index contributed by atoms with van der Waals surface area (Å²) in [6, 6.07) is 8.36. The van der Waals surface area contributed by atoms with Gasteiger partial charge in [0.25, 0.3) is 0 Å². The Morgan fingerprint density at radius 1 is 1.22 bits per heavy atom. The van der Waals surface area contributed by atoms with Crippen LogP contribution in [0.4, 0.5) is 23.2 Å². The summed E-state index contributed by atoms with van der Waals surface area (Å²) in [5.41, 5.74) is 0.505. The molecule has 100 valence electrons. The highest BCUT2D eigenvalue weighted by atomic mass is 19.3. The van der Waals surface area contributed by atoms with E-state index in [4.69, 9.17) is 0 Å². The third kappa shape index (κ3) is 4.70. The molecule has 0 aliphatic rings. The summed E-state index contributed by atoms with van der Waals surface area (Å²) in [5.74, 6) is -4.71. The first-order chi connectivity index (χ1) is 8.42. The second kappa shape index (κ2) is 6.34. The van der Waals surface area contributed by atoms with Crippen LogP contribution in [-0.2, 0) is 4.79 Å².